The lowest BCUT2D eigenvalue weighted by atomic mass is 10.2. The van der Waals surface area contributed by atoms with Gasteiger partial charge in [0.05, 0.1) is 5.75 Å². The number of nitrogens with one attached hydrogen (secondary N) is 2. The molecule has 2 aromatic rings. The number of halogens is 1. The number of aryl methyl sites for hydroxylation is 1. The molecule has 0 atom stereocenters. The summed E-state index contributed by atoms with van der Waals surface area (Å²) in [6.07, 6.45) is 1.90. The number of hydrogen-bond donors (Lipinski definition) is 2. The minimum atomic E-state index is -0.382. The van der Waals surface area contributed by atoms with E-state index in [1.54, 1.807) is 0 Å². The molecule has 0 unspecified atom stereocenters. The van der Waals surface area contributed by atoms with Crippen molar-refractivity contribution in [1.29, 1.82) is 0 Å². The summed E-state index contributed by atoms with van der Waals surface area (Å²) in [5, 5.41) is 2.79. The molecular formula is C14H14IN3O2S. The summed E-state index contributed by atoms with van der Waals surface area (Å²) in [4.78, 5) is 30.6. The van der Waals surface area contributed by atoms with Crippen LogP contribution in [-0.2, 0) is 5.75 Å². The summed E-state index contributed by atoms with van der Waals surface area (Å²) in [6.45, 7) is 1.92. The molecule has 110 valence electrons. The normalized spacial score (nSPS) is 10.4. The van der Waals surface area contributed by atoms with Crippen LogP contribution in [-0.4, -0.2) is 22.1 Å². The Hall–Kier alpha value is -1.35. The first-order chi connectivity index (χ1) is 9.99. The van der Waals surface area contributed by atoms with Gasteiger partial charge in [-0.05, 0) is 59.5 Å². The second kappa shape index (κ2) is 7.08. The summed E-state index contributed by atoms with van der Waals surface area (Å²) in [7, 11) is 0. The third-order valence-electron chi connectivity index (χ3n) is 2.74. The van der Waals surface area contributed by atoms with Gasteiger partial charge in [-0.1, -0.05) is 0 Å². The second-order valence-corrected chi connectivity index (χ2v) is 6.54. The standard InChI is InChI=1S/C14H14IN3O2S/c1-8-5-9(15)3-4-10(8)17-14(20)11-6-13(19)18-12(16-11)7-21-2/h3-6H,7H2,1-2H3,(H,17,20)(H,16,18,19). The number of carbonyl (C=O) groups excluding carboxylic acids is 1. The van der Waals surface area contributed by atoms with Crippen LogP contribution < -0.4 is 10.9 Å². The lowest BCUT2D eigenvalue weighted by Gasteiger charge is -2.09. The fourth-order valence-corrected chi connectivity index (χ4v) is 2.84. The molecule has 0 aliphatic carbocycles. The molecule has 5 nitrogen and oxygen atoms in total. The van der Waals surface area contributed by atoms with Gasteiger partial charge in [0, 0.05) is 15.3 Å². The molecule has 0 saturated carbocycles. The predicted molar refractivity (Wildman–Crippen MR) is 93.9 cm³/mol. The van der Waals surface area contributed by atoms with Crippen molar-refractivity contribution in [2.24, 2.45) is 0 Å². The van der Waals surface area contributed by atoms with E-state index in [4.69, 9.17) is 0 Å². The number of H-pyrrole nitrogens is 1. The maximum Gasteiger partial charge on any atom is 0.274 e. The molecule has 1 amide bonds. The van der Waals surface area contributed by atoms with Crippen LogP contribution in [0.2, 0.25) is 0 Å². The van der Waals surface area contributed by atoms with Gasteiger partial charge < -0.3 is 10.3 Å². The maximum atomic E-state index is 12.2. The van der Waals surface area contributed by atoms with Crippen LogP contribution in [0.15, 0.2) is 29.1 Å². The van der Waals surface area contributed by atoms with Crippen molar-refractivity contribution in [2.45, 2.75) is 12.7 Å². The first-order valence-corrected chi connectivity index (χ1v) is 8.63. The van der Waals surface area contributed by atoms with Gasteiger partial charge in [-0.25, -0.2) is 4.98 Å². The van der Waals surface area contributed by atoms with Gasteiger partial charge in [0.1, 0.15) is 11.5 Å². The molecule has 1 heterocycles. The first-order valence-electron chi connectivity index (χ1n) is 6.16. The van der Waals surface area contributed by atoms with E-state index in [1.165, 1.54) is 17.8 Å². The number of amides is 1. The van der Waals surface area contributed by atoms with Crippen LogP contribution in [0.5, 0.6) is 0 Å². The number of anilines is 1. The molecule has 2 rings (SSSR count). The van der Waals surface area contributed by atoms with Crippen LogP contribution in [0.1, 0.15) is 21.9 Å². The fraction of sp³-hybridized carbons (Fsp3) is 0.214. The van der Waals surface area contributed by atoms with Crippen LogP contribution in [0, 0.1) is 10.5 Å². The monoisotopic (exact) mass is 415 g/mol. The molecule has 0 spiro atoms. The summed E-state index contributed by atoms with van der Waals surface area (Å²) in [5.74, 6) is 0.672. The molecular weight excluding hydrogens is 401 g/mol. The number of carbonyl (C=O) groups is 1. The van der Waals surface area contributed by atoms with Gasteiger partial charge >= 0.3 is 0 Å². The Kier molecular flexibility index (Phi) is 5.40. The zero-order chi connectivity index (χ0) is 15.4. The van der Waals surface area contributed by atoms with Crippen LogP contribution >= 0.6 is 34.4 Å². The topological polar surface area (TPSA) is 74.8 Å². The van der Waals surface area contributed by atoms with Crippen molar-refractivity contribution < 1.29 is 4.79 Å². The molecule has 0 aliphatic rings. The SMILES string of the molecule is CSCc1nc(C(=O)Nc2ccc(I)cc2C)cc(=O)[nH]1. The van der Waals surface area contributed by atoms with Gasteiger partial charge in [-0.2, -0.15) is 11.8 Å². The Labute approximate surface area is 140 Å². The Morgan fingerprint density at radius 2 is 2.19 bits per heavy atom. The van der Waals surface area contributed by atoms with Crippen LogP contribution in [0.25, 0.3) is 0 Å². The van der Waals surface area contributed by atoms with Gasteiger partial charge in [-0.3, -0.25) is 9.59 Å². The highest BCUT2D eigenvalue weighted by atomic mass is 127. The van der Waals surface area contributed by atoms with Crippen LogP contribution in [0.3, 0.4) is 0 Å². The van der Waals surface area contributed by atoms with E-state index in [-0.39, 0.29) is 17.2 Å². The molecule has 1 aromatic heterocycles. The van der Waals surface area contributed by atoms with Gasteiger partial charge in [0.15, 0.2) is 0 Å². The highest BCUT2D eigenvalue weighted by Crippen LogP contribution is 2.18. The van der Waals surface area contributed by atoms with Crippen LogP contribution in [0.4, 0.5) is 5.69 Å². The number of benzene rings is 1. The molecule has 21 heavy (non-hydrogen) atoms. The smallest absolute Gasteiger partial charge is 0.274 e. The molecule has 0 saturated heterocycles. The highest BCUT2D eigenvalue weighted by molar-refractivity contribution is 14.1. The number of rotatable bonds is 4. The predicted octanol–water partition coefficient (Wildman–Crippen LogP) is 2.80. The van der Waals surface area contributed by atoms with E-state index >= 15 is 0 Å². The first kappa shape index (κ1) is 16.0. The Morgan fingerprint density at radius 1 is 1.43 bits per heavy atom. The largest absolute Gasteiger partial charge is 0.320 e. The van der Waals surface area contributed by atoms with Gasteiger partial charge in [-0.15, -0.1) is 0 Å². The van der Waals surface area contributed by atoms with Crippen molar-refractivity contribution in [3.63, 3.8) is 0 Å². The van der Waals surface area contributed by atoms with Crippen molar-refractivity contribution in [1.82, 2.24) is 9.97 Å². The summed E-state index contributed by atoms with van der Waals surface area (Å²) >= 11 is 3.74. The molecule has 7 heteroatoms. The van der Waals surface area contributed by atoms with Crippen molar-refractivity contribution in [2.75, 3.05) is 11.6 Å². The third kappa shape index (κ3) is 4.31. The molecule has 0 fully saturated rings. The zero-order valence-corrected chi connectivity index (χ0v) is 14.5. The molecule has 1 aromatic carbocycles. The summed E-state index contributed by atoms with van der Waals surface area (Å²) < 4.78 is 1.10. The molecule has 2 N–H and O–H groups in total. The second-order valence-electron chi connectivity index (χ2n) is 4.42. The number of hydrogen-bond acceptors (Lipinski definition) is 4. The number of aromatic nitrogens is 2. The number of aromatic amines is 1. The average Bonchev–Trinajstić information content (AvgIpc) is 2.41. The van der Waals surface area contributed by atoms with Crippen molar-refractivity contribution >= 4 is 45.9 Å². The third-order valence-corrected chi connectivity index (χ3v) is 3.97. The van der Waals surface area contributed by atoms with E-state index < -0.39 is 0 Å². The highest BCUT2D eigenvalue weighted by Gasteiger charge is 2.11. The van der Waals surface area contributed by atoms with E-state index in [0.29, 0.717) is 17.3 Å². The molecule has 0 bridgehead atoms. The summed E-state index contributed by atoms with van der Waals surface area (Å²) in [6, 6.07) is 6.93. The Morgan fingerprint density at radius 3 is 2.86 bits per heavy atom. The quantitative estimate of drug-likeness (QED) is 0.754. The van der Waals surface area contributed by atoms with E-state index in [0.717, 1.165) is 9.13 Å². The lowest BCUT2D eigenvalue weighted by Crippen LogP contribution is -2.20. The average molecular weight is 415 g/mol. The van der Waals surface area contributed by atoms with E-state index in [1.807, 2.05) is 31.4 Å². The minimum Gasteiger partial charge on any atom is -0.320 e. The zero-order valence-electron chi connectivity index (χ0n) is 11.6. The fourth-order valence-electron chi connectivity index (χ4n) is 1.78. The van der Waals surface area contributed by atoms with E-state index in [2.05, 4.69) is 37.9 Å². The van der Waals surface area contributed by atoms with Crippen molar-refractivity contribution in [3.8, 4) is 0 Å². The minimum absolute atomic E-state index is 0.126. The number of nitrogens with zero attached hydrogens (tertiary/aromatic N) is 1. The Balaban J connectivity index is 2.25. The molecule has 0 aliphatic heterocycles. The van der Waals surface area contributed by atoms with E-state index in [9.17, 15) is 9.59 Å². The molecule has 0 radical (unpaired) electrons. The lowest BCUT2D eigenvalue weighted by molar-refractivity contribution is 0.102. The Bertz CT molecular complexity index is 730. The summed E-state index contributed by atoms with van der Waals surface area (Å²) in [5.41, 5.74) is 1.48. The van der Waals surface area contributed by atoms with Gasteiger partial charge in [0.2, 0.25) is 0 Å². The number of thioether (sulfide) groups is 1. The van der Waals surface area contributed by atoms with Gasteiger partial charge in [0.25, 0.3) is 11.5 Å². The maximum absolute atomic E-state index is 12.2. The van der Waals surface area contributed by atoms with Crippen molar-refractivity contribution in [3.05, 3.63) is 55.3 Å².